The molecule has 6 nitrogen and oxygen atoms in total. The molecule has 1 N–H and O–H groups in total. The predicted molar refractivity (Wildman–Crippen MR) is 114 cm³/mol. The topological polar surface area (TPSA) is 73.9 Å². The van der Waals surface area contributed by atoms with E-state index in [0.29, 0.717) is 29.2 Å². The average Bonchev–Trinajstić information content (AvgIpc) is 3.20. The highest BCUT2D eigenvalue weighted by molar-refractivity contribution is 5.95. The number of allylic oxidation sites excluding steroid dienone is 1. The summed E-state index contributed by atoms with van der Waals surface area (Å²) in [6.07, 6.45) is 3.68. The fourth-order valence-electron chi connectivity index (χ4n) is 3.92. The number of halogens is 3. The Labute approximate surface area is 189 Å². The van der Waals surface area contributed by atoms with Crippen LogP contribution in [-0.4, -0.2) is 38.7 Å². The number of amides is 1. The number of ether oxygens (including phenoxy) is 3. The largest absolute Gasteiger partial charge is 0.493 e. The summed E-state index contributed by atoms with van der Waals surface area (Å²) in [5.74, 6) is -5.30. The number of hydrogen-bond donors (Lipinski definition) is 1. The van der Waals surface area contributed by atoms with Gasteiger partial charge in [-0.1, -0.05) is 18.2 Å². The van der Waals surface area contributed by atoms with Gasteiger partial charge in [0.05, 0.1) is 26.7 Å². The van der Waals surface area contributed by atoms with E-state index in [-0.39, 0.29) is 18.9 Å². The first-order valence-corrected chi connectivity index (χ1v) is 10.3. The van der Waals surface area contributed by atoms with E-state index in [4.69, 9.17) is 14.2 Å². The van der Waals surface area contributed by atoms with Gasteiger partial charge in [-0.05, 0) is 37.0 Å². The van der Waals surface area contributed by atoms with Gasteiger partial charge < -0.3 is 19.5 Å². The van der Waals surface area contributed by atoms with Crippen molar-refractivity contribution in [3.8, 4) is 11.5 Å². The normalized spacial score (nSPS) is 18.0. The van der Waals surface area contributed by atoms with Crippen LogP contribution >= 0.6 is 0 Å². The summed E-state index contributed by atoms with van der Waals surface area (Å²) in [4.78, 5) is 25.2. The summed E-state index contributed by atoms with van der Waals surface area (Å²) >= 11 is 0. The first kappa shape index (κ1) is 24.2. The molecule has 3 rings (SSSR count). The van der Waals surface area contributed by atoms with Crippen molar-refractivity contribution in [3.05, 3.63) is 71.1 Å². The molecule has 0 heterocycles. The van der Waals surface area contributed by atoms with Crippen LogP contribution < -0.4 is 14.8 Å². The molecule has 0 saturated heterocycles. The molecule has 0 bridgehead atoms. The second-order valence-corrected chi connectivity index (χ2v) is 7.45. The van der Waals surface area contributed by atoms with Crippen LogP contribution in [0.15, 0.2) is 42.5 Å². The summed E-state index contributed by atoms with van der Waals surface area (Å²) in [5.41, 5.74) is -0.238. The van der Waals surface area contributed by atoms with Crippen molar-refractivity contribution in [2.45, 2.75) is 25.3 Å². The highest BCUT2D eigenvalue weighted by atomic mass is 19.1. The van der Waals surface area contributed by atoms with Gasteiger partial charge in [-0.15, -0.1) is 0 Å². The molecule has 2 aromatic carbocycles. The van der Waals surface area contributed by atoms with E-state index in [1.165, 1.54) is 14.2 Å². The molecule has 33 heavy (non-hydrogen) atoms. The van der Waals surface area contributed by atoms with Crippen molar-refractivity contribution in [3.63, 3.8) is 0 Å². The average molecular weight is 463 g/mol. The lowest BCUT2D eigenvalue weighted by atomic mass is 9.85. The number of hydrogen-bond acceptors (Lipinski definition) is 5. The van der Waals surface area contributed by atoms with Gasteiger partial charge in [0.25, 0.3) is 5.91 Å². The van der Waals surface area contributed by atoms with Gasteiger partial charge in [0, 0.05) is 18.2 Å². The molecule has 0 aromatic heterocycles. The van der Waals surface area contributed by atoms with E-state index in [1.54, 1.807) is 37.3 Å². The molecule has 2 aromatic rings. The van der Waals surface area contributed by atoms with Gasteiger partial charge in [0.1, 0.15) is 23.0 Å². The standard InChI is InChI=1S/C24H24F3NO5/c1-4-33-24(30)21(14-6-8-19(31-2)20(10-14)32-3)13-5-7-16(9-13)28-23(29)22-17(26)11-15(25)12-18(22)27/h5-8,10-13,16,21H,4,9H2,1-3H3,(H,28,29)/t13-,16-,21-/m0/s1. The minimum Gasteiger partial charge on any atom is -0.493 e. The Bertz CT molecular complexity index is 1050. The van der Waals surface area contributed by atoms with Crippen LogP contribution in [0.3, 0.4) is 0 Å². The first-order valence-electron chi connectivity index (χ1n) is 10.3. The van der Waals surface area contributed by atoms with Crippen LogP contribution in [0.25, 0.3) is 0 Å². The second-order valence-electron chi connectivity index (χ2n) is 7.45. The Morgan fingerprint density at radius 3 is 2.30 bits per heavy atom. The van der Waals surface area contributed by atoms with Gasteiger partial charge >= 0.3 is 5.97 Å². The van der Waals surface area contributed by atoms with Crippen LogP contribution in [0.5, 0.6) is 11.5 Å². The highest BCUT2D eigenvalue weighted by Crippen LogP contribution is 2.38. The van der Waals surface area contributed by atoms with Gasteiger partial charge in [0.15, 0.2) is 11.5 Å². The highest BCUT2D eigenvalue weighted by Gasteiger charge is 2.35. The van der Waals surface area contributed by atoms with Crippen LogP contribution in [-0.2, 0) is 9.53 Å². The number of methoxy groups -OCH3 is 2. The zero-order valence-electron chi connectivity index (χ0n) is 18.4. The summed E-state index contributed by atoms with van der Waals surface area (Å²) in [6, 6.07) is 5.38. The maximum atomic E-state index is 13.9. The number of carbonyl (C=O) groups excluding carboxylic acids is 2. The fourth-order valence-corrected chi connectivity index (χ4v) is 3.92. The molecular formula is C24H24F3NO5. The van der Waals surface area contributed by atoms with E-state index in [9.17, 15) is 22.8 Å². The molecule has 0 spiro atoms. The Balaban J connectivity index is 1.81. The molecule has 0 radical (unpaired) electrons. The van der Waals surface area contributed by atoms with Crippen molar-refractivity contribution < 1.29 is 37.0 Å². The minimum absolute atomic E-state index is 0.183. The van der Waals surface area contributed by atoms with Gasteiger partial charge in [0.2, 0.25) is 0 Å². The number of benzene rings is 2. The Kier molecular flexibility index (Phi) is 7.63. The van der Waals surface area contributed by atoms with E-state index in [0.717, 1.165) is 0 Å². The summed E-state index contributed by atoms with van der Waals surface area (Å²) < 4.78 is 56.9. The van der Waals surface area contributed by atoms with Gasteiger partial charge in [-0.25, -0.2) is 13.2 Å². The van der Waals surface area contributed by atoms with E-state index >= 15 is 0 Å². The summed E-state index contributed by atoms with van der Waals surface area (Å²) in [5, 5.41) is 2.52. The SMILES string of the molecule is CCOC(=O)[C@H](c1ccc(OC)c(OC)c1)[C@H]1C=C[C@H](NC(=O)c2c(F)cc(F)cc2F)C1. The first-order chi connectivity index (χ1) is 15.8. The molecule has 176 valence electrons. The number of nitrogens with one attached hydrogen (secondary N) is 1. The molecule has 0 unspecified atom stereocenters. The molecular weight excluding hydrogens is 439 g/mol. The van der Waals surface area contributed by atoms with Crippen LogP contribution in [0.2, 0.25) is 0 Å². The van der Waals surface area contributed by atoms with Crippen molar-refractivity contribution in [1.82, 2.24) is 5.32 Å². The third kappa shape index (κ3) is 5.30. The van der Waals surface area contributed by atoms with Crippen molar-refractivity contribution >= 4 is 11.9 Å². The molecule has 1 aliphatic rings. The Morgan fingerprint density at radius 1 is 1.03 bits per heavy atom. The lowest BCUT2D eigenvalue weighted by molar-refractivity contribution is -0.146. The smallest absolute Gasteiger partial charge is 0.314 e. The van der Waals surface area contributed by atoms with E-state index < -0.39 is 46.9 Å². The van der Waals surface area contributed by atoms with Crippen LogP contribution in [0.4, 0.5) is 13.2 Å². The molecule has 0 saturated carbocycles. The van der Waals surface area contributed by atoms with Gasteiger partial charge in [-0.3, -0.25) is 9.59 Å². The lowest BCUT2D eigenvalue weighted by Crippen LogP contribution is -2.35. The lowest BCUT2D eigenvalue weighted by Gasteiger charge is -2.23. The van der Waals surface area contributed by atoms with Crippen molar-refractivity contribution in [2.24, 2.45) is 5.92 Å². The second kappa shape index (κ2) is 10.4. The van der Waals surface area contributed by atoms with E-state index in [2.05, 4.69) is 5.32 Å². The Morgan fingerprint density at radius 2 is 1.70 bits per heavy atom. The third-order valence-corrected chi connectivity index (χ3v) is 5.40. The summed E-state index contributed by atoms with van der Waals surface area (Å²) in [6.45, 7) is 1.88. The fraction of sp³-hybridized carbons (Fsp3) is 0.333. The maximum Gasteiger partial charge on any atom is 0.314 e. The number of carbonyl (C=O) groups is 2. The number of rotatable bonds is 8. The zero-order chi connectivity index (χ0) is 24.1. The molecule has 9 heteroatoms. The monoisotopic (exact) mass is 463 g/mol. The quantitative estimate of drug-likeness (QED) is 0.471. The van der Waals surface area contributed by atoms with Crippen LogP contribution in [0.1, 0.15) is 35.2 Å². The molecule has 1 amide bonds. The van der Waals surface area contributed by atoms with E-state index in [1.807, 2.05) is 0 Å². The summed E-state index contributed by atoms with van der Waals surface area (Å²) in [7, 11) is 2.98. The molecule has 1 aliphatic carbocycles. The maximum absolute atomic E-state index is 13.9. The zero-order valence-corrected chi connectivity index (χ0v) is 18.4. The number of esters is 1. The van der Waals surface area contributed by atoms with Crippen molar-refractivity contribution in [2.75, 3.05) is 20.8 Å². The predicted octanol–water partition coefficient (Wildman–Crippen LogP) is 4.14. The third-order valence-electron chi connectivity index (χ3n) is 5.40. The Hall–Kier alpha value is -3.49. The minimum atomic E-state index is -1.29. The molecule has 3 atom stereocenters. The molecule has 0 fully saturated rings. The van der Waals surface area contributed by atoms with Gasteiger partial charge in [-0.2, -0.15) is 0 Å². The van der Waals surface area contributed by atoms with Crippen LogP contribution in [0, 0.1) is 23.4 Å². The molecule has 0 aliphatic heterocycles. The van der Waals surface area contributed by atoms with Crippen molar-refractivity contribution in [1.29, 1.82) is 0 Å².